The van der Waals surface area contributed by atoms with Gasteiger partial charge >= 0.3 is 0 Å². The van der Waals surface area contributed by atoms with E-state index in [1.807, 2.05) is 0 Å². The number of hydrogen-bond acceptors (Lipinski definition) is 5. The lowest BCUT2D eigenvalue weighted by molar-refractivity contribution is -0.115. The van der Waals surface area contributed by atoms with E-state index in [1.54, 1.807) is 36.4 Å². The van der Waals surface area contributed by atoms with Gasteiger partial charge in [-0.15, -0.1) is 0 Å². The van der Waals surface area contributed by atoms with Gasteiger partial charge in [-0.1, -0.05) is 23.7 Å². The molecule has 29 heavy (non-hydrogen) atoms. The Hall–Kier alpha value is -2.75. The first-order valence-electron chi connectivity index (χ1n) is 8.89. The summed E-state index contributed by atoms with van der Waals surface area (Å²) in [6.45, 7) is 1.37. The molecule has 2 aromatic carbocycles. The van der Waals surface area contributed by atoms with Crippen LogP contribution in [0.2, 0.25) is 5.02 Å². The minimum absolute atomic E-state index is 0.166. The molecule has 3 aromatic rings. The molecular weight excluding hydrogens is 414 g/mol. The molecule has 0 spiro atoms. The van der Waals surface area contributed by atoms with E-state index in [0.29, 0.717) is 28.1 Å². The summed E-state index contributed by atoms with van der Waals surface area (Å²) in [6, 6.07) is 11.3. The zero-order chi connectivity index (χ0) is 20.8. The summed E-state index contributed by atoms with van der Waals surface area (Å²) in [6.07, 6.45) is 3.51. The molecule has 0 radical (unpaired) electrons. The fourth-order valence-corrected chi connectivity index (χ4v) is 4.06. The molecule has 10 heteroatoms. The SMILES string of the molecule is CC(=O)N(c1ccc(-n2cnc(C3CC3)n2)c(S(N)(=O)=O)c1)c1ccccc1Cl. The lowest BCUT2D eigenvalue weighted by atomic mass is 10.2. The maximum absolute atomic E-state index is 12.4. The van der Waals surface area contributed by atoms with Gasteiger partial charge < -0.3 is 0 Å². The molecule has 0 unspecified atom stereocenters. The highest BCUT2D eigenvalue weighted by Crippen LogP contribution is 2.38. The van der Waals surface area contributed by atoms with Crippen molar-refractivity contribution in [2.75, 3.05) is 4.90 Å². The Labute approximate surface area is 173 Å². The number of nitrogens with two attached hydrogens (primary N) is 1. The minimum Gasteiger partial charge on any atom is -0.280 e. The van der Waals surface area contributed by atoms with Gasteiger partial charge in [0.2, 0.25) is 15.9 Å². The topological polar surface area (TPSA) is 111 Å². The van der Waals surface area contributed by atoms with Crippen molar-refractivity contribution in [3.05, 3.63) is 59.6 Å². The molecule has 0 atom stereocenters. The van der Waals surface area contributed by atoms with E-state index in [4.69, 9.17) is 16.7 Å². The summed E-state index contributed by atoms with van der Waals surface area (Å²) in [7, 11) is -4.11. The first kappa shape index (κ1) is 19.6. The van der Waals surface area contributed by atoms with Crippen molar-refractivity contribution in [1.82, 2.24) is 14.8 Å². The predicted molar refractivity (Wildman–Crippen MR) is 109 cm³/mol. The fourth-order valence-electron chi connectivity index (χ4n) is 3.10. The monoisotopic (exact) mass is 431 g/mol. The lowest BCUT2D eigenvalue weighted by Crippen LogP contribution is -2.24. The van der Waals surface area contributed by atoms with Crippen LogP contribution in [-0.2, 0) is 14.8 Å². The van der Waals surface area contributed by atoms with Crippen molar-refractivity contribution in [1.29, 1.82) is 0 Å². The zero-order valence-corrected chi connectivity index (χ0v) is 17.1. The summed E-state index contributed by atoms with van der Waals surface area (Å²) in [4.78, 5) is 17.8. The Morgan fingerprint density at radius 2 is 1.97 bits per heavy atom. The Morgan fingerprint density at radius 3 is 2.59 bits per heavy atom. The van der Waals surface area contributed by atoms with Gasteiger partial charge in [0.05, 0.1) is 22.1 Å². The Balaban J connectivity index is 1.85. The number of primary sulfonamides is 1. The smallest absolute Gasteiger partial charge is 0.240 e. The molecule has 0 bridgehead atoms. The summed E-state index contributed by atoms with van der Waals surface area (Å²) in [5.41, 5.74) is 1.02. The predicted octanol–water partition coefficient (Wildman–Crippen LogP) is 3.13. The number of carbonyl (C=O) groups is 1. The fraction of sp³-hybridized carbons (Fsp3) is 0.211. The number of amides is 1. The van der Waals surface area contributed by atoms with E-state index in [2.05, 4.69) is 10.1 Å². The van der Waals surface area contributed by atoms with Crippen molar-refractivity contribution in [3.8, 4) is 5.69 Å². The second kappa shape index (κ2) is 7.25. The average molecular weight is 432 g/mol. The van der Waals surface area contributed by atoms with Crippen LogP contribution in [0.5, 0.6) is 0 Å². The molecule has 4 rings (SSSR count). The lowest BCUT2D eigenvalue weighted by Gasteiger charge is -2.23. The first-order chi connectivity index (χ1) is 13.8. The second-order valence-electron chi connectivity index (χ2n) is 6.82. The largest absolute Gasteiger partial charge is 0.280 e. The first-order valence-corrected chi connectivity index (χ1v) is 10.8. The Bertz CT molecular complexity index is 1200. The van der Waals surface area contributed by atoms with E-state index in [-0.39, 0.29) is 16.5 Å². The van der Waals surface area contributed by atoms with Gasteiger partial charge in [-0.25, -0.2) is 23.2 Å². The van der Waals surface area contributed by atoms with Crippen LogP contribution in [0.3, 0.4) is 0 Å². The third-order valence-electron chi connectivity index (χ3n) is 4.62. The van der Waals surface area contributed by atoms with Gasteiger partial charge in [-0.3, -0.25) is 9.69 Å². The van der Waals surface area contributed by atoms with E-state index in [1.165, 1.54) is 28.9 Å². The van der Waals surface area contributed by atoms with E-state index in [0.717, 1.165) is 12.8 Å². The van der Waals surface area contributed by atoms with Gasteiger partial charge in [-0.05, 0) is 43.2 Å². The highest BCUT2D eigenvalue weighted by molar-refractivity contribution is 7.89. The maximum Gasteiger partial charge on any atom is 0.240 e. The van der Waals surface area contributed by atoms with E-state index in [9.17, 15) is 13.2 Å². The van der Waals surface area contributed by atoms with Crippen LogP contribution < -0.4 is 10.0 Å². The van der Waals surface area contributed by atoms with Crippen LogP contribution in [0.15, 0.2) is 53.7 Å². The minimum atomic E-state index is -4.11. The van der Waals surface area contributed by atoms with Crippen LogP contribution >= 0.6 is 11.6 Å². The number of para-hydroxylation sites is 1. The molecule has 1 heterocycles. The maximum atomic E-state index is 12.4. The van der Waals surface area contributed by atoms with Crippen LogP contribution in [0.25, 0.3) is 5.69 Å². The van der Waals surface area contributed by atoms with Crippen LogP contribution in [0.1, 0.15) is 31.5 Å². The molecule has 8 nitrogen and oxygen atoms in total. The molecular formula is C19H18ClN5O3S. The standard InChI is InChI=1S/C19H18ClN5O3S/c1-12(26)25(16-5-3-2-4-15(16)20)14-8-9-17(18(10-14)29(21,27)28)24-11-22-19(23-24)13-6-7-13/h2-5,8-11,13H,6-7H2,1H3,(H2,21,27,28). The summed E-state index contributed by atoms with van der Waals surface area (Å²) < 4.78 is 26.0. The van der Waals surface area contributed by atoms with Gasteiger partial charge in [-0.2, -0.15) is 5.10 Å². The van der Waals surface area contributed by atoms with E-state index >= 15 is 0 Å². The molecule has 1 saturated carbocycles. The number of rotatable bonds is 5. The third kappa shape index (κ3) is 3.89. The molecule has 1 aliphatic rings. The number of halogens is 1. The normalized spacial score (nSPS) is 14.0. The van der Waals surface area contributed by atoms with Crippen LogP contribution in [0.4, 0.5) is 11.4 Å². The summed E-state index contributed by atoms with van der Waals surface area (Å²) >= 11 is 6.25. The Kier molecular flexibility index (Phi) is 4.89. The van der Waals surface area contributed by atoms with Crippen molar-refractivity contribution in [2.24, 2.45) is 5.14 Å². The number of carbonyl (C=O) groups excluding carboxylic acids is 1. The molecule has 2 N–H and O–H groups in total. The van der Waals surface area contributed by atoms with Crippen LogP contribution in [0, 0.1) is 0 Å². The van der Waals surface area contributed by atoms with Gasteiger partial charge in [0, 0.05) is 12.8 Å². The molecule has 1 amide bonds. The second-order valence-corrected chi connectivity index (χ2v) is 8.76. The number of sulfonamides is 1. The van der Waals surface area contributed by atoms with Crippen molar-refractivity contribution >= 4 is 38.9 Å². The molecule has 0 saturated heterocycles. The van der Waals surface area contributed by atoms with Gasteiger partial charge in [0.25, 0.3) is 0 Å². The molecule has 1 aromatic heterocycles. The highest BCUT2D eigenvalue weighted by atomic mass is 35.5. The number of hydrogen-bond donors (Lipinski definition) is 1. The summed E-state index contributed by atoms with van der Waals surface area (Å²) in [5.74, 6) is 0.667. The van der Waals surface area contributed by atoms with Crippen molar-refractivity contribution < 1.29 is 13.2 Å². The molecule has 1 fully saturated rings. The zero-order valence-electron chi connectivity index (χ0n) is 15.5. The third-order valence-corrected chi connectivity index (χ3v) is 5.87. The molecule has 150 valence electrons. The van der Waals surface area contributed by atoms with E-state index < -0.39 is 10.0 Å². The molecule has 1 aliphatic carbocycles. The number of nitrogens with zero attached hydrogens (tertiary/aromatic N) is 4. The number of benzene rings is 2. The quantitative estimate of drug-likeness (QED) is 0.667. The van der Waals surface area contributed by atoms with Gasteiger partial charge in [0.1, 0.15) is 11.2 Å². The summed E-state index contributed by atoms with van der Waals surface area (Å²) in [5, 5.41) is 10.2. The van der Waals surface area contributed by atoms with Crippen molar-refractivity contribution in [3.63, 3.8) is 0 Å². The average Bonchev–Trinajstić information content (AvgIpc) is 3.40. The molecule has 0 aliphatic heterocycles. The van der Waals surface area contributed by atoms with Gasteiger partial charge in [0.15, 0.2) is 5.82 Å². The van der Waals surface area contributed by atoms with Crippen LogP contribution in [-0.4, -0.2) is 29.1 Å². The van der Waals surface area contributed by atoms with Crippen molar-refractivity contribution in [2.45, 2.75) is 30.6 Å². The Morgan fingerprint density at radius 1 is 1.24 bits per heavy atom. The number of anilines is 2. The highest BCUT2D eigenvalue weighted by Gasteiger charge is 2.28. The number of aromatic nitrogens is 3.